The molecule has 1 aliphatic carbocycles. The van der Waals surface area contributed by atoms with Gasteiger partial charge < -0.3 is 0 Å². The molecule has 6 heavy (non-hydrogen) atoms. The number of thioether (sulfide) groups is 1. The van der Waals surface area contributed by atoms with Gasteiger partial charge in [0.15, 0.2) is 0 Å². The normalized spacial score (nSPS) is 23.5. The summed E-state index contributed by atoms with van der Waals surface area (Å²) in [6.45, 7) is 0. The molecule has 0 heterocycles. The lowest BCUT2D eigenvalue weighted by Crippen LogP contribution is -2.12. The van der Waals surface area contributed by atoms with Crippen molar-refractivity contribution in [3.8, 4) is 0 Å². The zero-order valence-corrected chi connectivity index (χ0v) is 4.79. The van der Waals surface area contributed by atoms with Crippen LogP contribution in [0.25, 0.3) is 0 Å². The average Bonchev–Trinajstić information content (AvgIpc) is 1.31. The Hall–Kier alpha value is 0.350. The largest absolute Gasteiger partial charge is 0.162 e. The Labute approximate surface area is 43.3 Å². The van der Waals surface area contributed by atoms with Crippen molar-refractivity contribution in [1.29, 1.82) is 0 Å². The standard InChI is InChI=1S/C5H9S/c1-6-5-3-2-4-5/h2,5H,3-4H2,1H3. The van der Waals surface area contributed by atoms with Gasteiger partial charge in [-0.25, -0.2) is 0 Å². The van der Waals surface area contributed by atoms with Gasteiger partial charge in [-0.15, -0.1) is 0 Å². The van der Waals surface area contributed by atoms with Crippen molar-refractivity contribution in [3.05, 3.63) is 6.42 Å². The fourth-order valence-electron chi connectivity index (χ4n) is 0.495. The van der Waals surface area contributed by atoms with Crippen molar-refractivity contribution in [2.45, 2.75) is 18.1 Å². The molecule has 0 aliphatic heterocycles. The maximum Gasteiger partial charge on any atom is 0.00497 e. The number of hydrogen-bond acceptors (Lipinski definition) is 1. The van der Waals surface area contributed by atoms with Crippen LogP contribution in [0.3, 0.4) is 0 Å². The van der Waals surface area contributed by atoms with Gasteiger partial charge in [-0.05, 0) is 25.5 Å². The van der Waals surface area contributed by atoms with Gasteiger partial charge in [0.25, 0.3) is 0 Å². The zero-order chi connectivity index (χ0) is 4.41. The van der Waals surface area contributed by atoms with Gasteiger partial charge in [0.05, 0.1) is 0 Å². The fourth-order valence-corrected chi connectivity index (χ4v) is 1.15. The summed E-state index contributed by atoms with van der Waals surface area (Å²) in [6.07, 6.45) is 7.21. The minimum atomic E-state index is 0.977. The summed E-state index contributed by atoms with van der Waals surface area (Å²) in [5.74, 6) is 0. The monoisotopic (exact) mass is 101 g/mol. The van der Waals surface area contributed by atoms with E-state index in [1.807, 2.05) is 11.8 Å². The molecular weight excluding hydrogens is 92.1 g/mol. The Morgan fingerprint density at radius 1 is 1.67 bits per heavy atom. The highest BCUT2D eigenvalue weighted by atomic mass is 32.2. The second kappa shape index (κ2) is 1.87. The summed E-state index contributed by atoms with van der Waals surface area (Å²) in [6, 6.07) is 0. The summed E-state index contributed by atoms with van der Waals surface area (Å²) in [4.78, 5) is 0. The van der Waals surface area contributed by atoms with E-state index in [2.05, 4.69) is 12.7 Å². The van der Waals surface area contributed by atoms with Gasteiger partial charge in [-0.1, -0.05) is 0 Å². The molecule has 1 radical (unpaired) electrons. The van der Waals surface area contributed by atoms with E-state index in [4.69, 9.17) is 0 Å². The van der Waals surface area contributed by atoms with Crippen LogP contribution < -0.4 is 0 Å². The molecule has 0 amide bonds. The first-order valence-electron chi connectivity index (χ1n) is 2.28. The smallest absolute Gasteiger partial charge is 0.00497 e. The lowest BCUT2D eigenvalue weighted by Gasteiger charge is -2.21. The van der Waals surface area contributed by atoms with E-state index in [1.165, 1.54) is 12.8 Å². The number of hydrogen-bond donors (Lipinski definition) is 0. The molecule has 1 heteroatoms. The molecule has 0 unspecified atom stereocenters. The molecule has 0 spiro atoms. The molecule has 0 bridgehead atoms. The SMILES string of the molecule is CSC1C[CH]C1. The molecule has 35 valence electrons. The van der Waals surface area contributed by atoms with E-state index in [0.717, 1.165) is 5.25 Å². The summed E-state index contributed by atoms with van der Waals surface area (Å²) in [7, 11) is 0. The van der Waals surface area contributed by atoms with E-state index in [-0.39, 0.29) is 0 Å². The Bertz CT molecular complexity index is 36.4. The molecule has 0 atom stereocenters. The molecule has 0 aromatic carbocycles. The molecule has 0 nitrogen and oxygen atoms in total. The molecular formula is C5H9S. The van der Waals surface area contributed by atoms with Crippen molar-refractivity contribution in [2.75, 3.05) is 6.26 Å². The molecule has 0 N–H and O–H groups in total. The minimum absolute atomic E-state index is 0.977. The lowest BCUT2D eigenvalue weighted by atomic mass is 10.0. The Morgan fingerprint density at radius 3 is 2.33 bits per heavy atom. The van der Waals surface area contributed by atoms with E-state index in [9.17, 15) is 0 Å². The molecule has 0 saturated heterocycles. The van der Waals surface area contributed by atoms with Crippen LogP contribution in [-0.2, 0) is 0 Å². The van der Waals surface area contributed by atoms with Gasteiger partial charge in [0, 0.05) is 5.25 Å². The van der Waals surface area contributed by atoms with Crippen molar-refractivity contribution in [1.82, 2.24) is 0 Å². The van der Waals surface area contributed by atoms with Crippen molar-refractivity contribution in [3.63, 3.8) is 0 Å². The molecule has 0 aromatic rings. The Morgan fingerprint density at radius 2 is 2.33 bits per heavy atom. The highest BCUT2D eigenvalue weighted by molar-refractivity contribution is 7.99. The maximum atomic E-state index is 2.33. The minimum Gasteiger partial charge on any atom is -0.162 e. The first-order chi connectivity index (χ1) is 2.93. The van der Waals surface area contributed by atoms with Crippen LogP contribution in [0, 0.1) is 6.42 Å². The molecule has 1 saturated carbocycles. The highest BCUT2D eigenvalue weighted by Gasteiger charge is 2.14. The van der Waals surface area contributed by atoms with Crippen LogP contribution >= 0.6 is 11.8 Å². The first-order valence-corrected chi connectivity index (χ1v) is 3.56. The van der Waals surface area contributed by atoms with Crippen molar-refractivity contribution >= 4 is 11.8 Å². The average molecular weight is 101 g/mol. The van der Waals surface area contributed by atoms with Gasteiger partial charge in [0.2, 0.25) is 0 Å². The van der Waals surface area contributed by atoms with Crippen LogP contribution in [0.2, 0.25) is 0 Å². The van der Waals surface area contributed by atoms with Crippen LogP contribution in [0.5, 0.6) is 0 Å². The zero-order valence-electron chi connectivity index (χ0n) is 3.98. The summed E-state index contributed by atoms with van der Waals surface area (Å²) < 4.78 is 0. The third-order valence-electron chi connectivity index (χ3n) is 1.19. The predicted octanol–water partition coefficient (Wildman–Crippen LogP) is 1.72. The predicted molar refractivity (Wildman–Crippen MR) is 30.8 cm³/mol. The molecule has 1 rings (SSSR count). The van der Waals surface area contributed by atoms with Crippen LogP contribution in [0.1, 0.15) is 12.8 Å². The second-order valence-electron chi connectivity index (χ2n) is 1.62. The molecule has 1 aliphatic rings. The summed E-state index contributed by atoms with van der Waals surface area (Å²) in [5.41, 5.74) is 0. The van der Waals surface area contributed by atoms with Gasteiger partial charge in [-0.2, -0.15) is 11.8 Å². The Balaban J connectivity index is 2.01. The van der Waals surface area contributed by atoms with Gasteiger partial charge in [-0.3, -0.25) is 0 Å². The number of rotatable bonds is 1. The van der Waals surface area contributed by atoms with E-state index < -0.39 is 0 Å². The van der Waals surface area contributed by atoms with Crippen molar-refractivity contribution < 1.29 is 0 Å². The first kappa shape index (κ1) is 4.51. The van der Waals surface area contributed by atoms with E-state index in [1.54, 1.807) is 0 Å². The van der Waals surface area contributed by atoms with Crippen LogP contribution in [0.4, 0.5) is 0 Å². The topological polar surface area (TPSA) is 0 Å². The Kier molecular flexibility index (Phi) is 1.41. The highest BCUT2D eigenvalue weighted by Crippen LogP contribution is 2.27. The third kappa shape index (κ3) is 0.700. The second-order valence-corrected chi connectivity index (χ2v) is 2.76. The summed E-state index contributed by atoms with van der Waals surface area (Å²) in [5, 5.41) is 0.977. The van der Waals surface area contributed by atoms with Crippen LogP contribution in [0.15, 0.2) is 0 Å². The van der Waals surface area contributed by atoms with E-state index in [0.29, 0.717) is 0 Å². The molecule has 1 fully saturated rings. The maximum absolute atomic E-state index is 2.33. The molecule has 0 aromatic heterocycles. The quantitative estimate of drug-likeness (QED) is 0.484. The summed E-state index contributed by atoms with van der Waals surface area (Å²) >= 11 is 1.98. The van der Waals surface area contributed by atoms with Gasteiger partial charge >= 0.3 is 0 Å². The fraction of sp³-hybridized carbons (Fsp3) is 0.800. The third-order valence-corrected chi connectivity index (χ3v) is 2.24. The van der Waals surface area contributed by atoms with E-state index >= 15 is 0 Å². The van der Waals surface area contributed by atoms with Crippen molar-refractivity contribution in [2.24, 2.45) is 0 Å². The lowest BCUT2D eigenvalue weighted by molar-refractivity contribution is 0.674. The van der Waals surface area contributed by atoms with Gasteiger partial charge in [0.1, 0.15) is 0 Å². The van der Waals surface area contributed by atoms with Crippen LogP contribution in [-0.4, -0.2) is 11.5 Å².